The van der Waals surface area contributed by atoms with E-state index >= 15 is 0 Å². The topological polar surface area (TPSA) is 82.0 Å². The Morgan fingerprint density at radius 1 is 1.22 bits per heavy atom. The van der Waals surface area contributed by atoms with Crippen molar-refractivity contribution in [1.29, 1.82) is 5.26 Å². The maximum atomic E-state index is 12.3. The number of rotatable bonds is 2. The smallest absolute Gasteiger partial charge is 0.255 e. The first-order chi connectivity index (χ1) is 10.9. The van der Waals surface area contributed by atoms with E-state index in [1.807, 2.05) is 19.9 Å². The summed E-state index contributed by atoms with van der Waals surface area (Å²) in [4.78, 5) is 24.3. The molecular weight excluding hydrogens is 290 g/mol. The van der Waals surface area contributed by atoms with Crippen molar-refractivity contribution >= 4 is 23.2 Å². The Hall–Kier alpha value is -3.13. The molecule has 2 aromatic carbocycles. The van der Waals surface area contributed by atoms with Crippen molar-refractivity contribution in [3.63, 3.8) is 0 Å². The average molecular weight is 305 g/mol. The fourth-order valence-electron chi connectivity index (χ4n) is 2.58. The van der Waals surface area contributed by atoms with Crippen LogP contribution in [0.4, 0.5) is 11.4 Å². The molecule has 5 nitrogen and oxygen atoms in total. The summed E-state index contributed by atoms with van der Waals surface area (Å²) in [6, 6.07) is 13.8. The molecule has 1 aliphatic rings. The van der Waals surface area contributed by atoms with Gasteiger partial charge in [0.25, 0.3) is 5.91 Å². The molecule has 0 aliphatic carbocycles. The van der Waals surface area contributed by atoms with Crippen LogP contribution in [-0.2, 0) is 10.2 Å². The zero-order valence-corrected chi connectivity index (χ0v) is 12.8. The van der Waals surface area contributed by atoms with Crippen molar-refractivity contribution in [2.24, 2.45) is 0 Å². The van der Waals surface area contributed by atoms with Crippen LogP contribution in [-0.4, -0.2) is 11.8 Å². The largest absolute Gasteiger partial charge is 0.325 e. The first-order valence-corrected chi connectivity index (χ1v) is 7.19. The van der Waals surface area contributed by atoms with E-state index in [-0.39, 0.29) is 11.8 Å². The van der Waals surface area contributed by atoms with Crippen molar-refractivity contribution in [2.75, 3.05) is 10.6 Å². The minimum absolute atomic E-state index is 0.0577. The number of benzene rings is 2. The summed E-state index contributed by atoms with van der Waals surface area (Å²) in [5.74, 6) is -0.352. The highest BCUT2D eigenvalue weighted by molar-refractivity contribution is 6.07. The molecule has 3 rings (SSSR count). The van der Waals surface area contributed by atoms with E-state index in [9.17, 15) is 9.59 Å². The third kappa shape index (κ3) is 2.55. The Labute approximate surface area is 133 Å². The quantitative estimate of drug-likeness (QED) is 0.894. The average Bonchev–Trinajstić information content (AvgIpc) is 2.77. The highest BCUT2D eigenvalue weighted by atomic mass is 16.2. The fraction of sp³-hybridized carbons (Fsp3) is 0.167. The van der Waals surface area contributed by atoms with Crippen molar-refractivity contribution in [3.8, 4) is 6.07 Å². The number of carbonyl (C=O) groups excluding carboxylic acids is 2. The van der Waals surface area contributed by atoms with Gasteiger partial charge in [-0.3, -0.25) is 9.59 Å². The Balaban J connectivity index is 1.87. The van der Waals surface area contributed by atoms with Crippen LogP contribution in [0.3, 0.4) is 0 Å². The van der Waals surface area contributed by atoms with Gasteiger partial charge in [-0.2, -0.15) is 5.26 Å². The SMILES string of the molecule is CC1(C)C(=O)Nc2ccc(NC(=O)c3cccc(C#N)c3)cc21. The highest BCUT2D eigenvalue weighted by Crippen LogP contribution is 2.38. The van der Waals surface area contributed by atoms with Crippen LogP contribution in [0.5, 0.6) is 0 Å². The summed E-state index contributed by atoms with van der Waals surface area (Å²) >= 11 is 0. The van der Waals surface area contributed by atoms with Crippen LogP contribution in [0.25, 0.3) is 0 Å². The van der Waals surface area contributed by atoms with Gasteiger partial charge in [0.05, 0.1) is 17.0 Å². The van der Waals surface area contributed by atoms with E-state index in [2.05, 4.69) is 10.6 Å². The third-order valence-electron chi connectivity index (χ3n) is 4.02. The number of hydrogen-bond acceptors (Lipinski definition) is 3. The maximum absolute atomic E-state index is 12.3. The molecule has 5 heteroatoms. The minimum Gasteiger partial charge on any atom is -0.325 e. The number of anilines is 2. The second-order valence-electron chi connectivity index (χ2n) is 5.99. The van der Waals surface area contributed by atoms with Gasteiger partial charge in [0.2, 0.25) is 5.91 Å². The molecule has 0 saturated carbocycles. The van der Waals surface area contributed by atoms with Crippen molar-refractivity contribution < 1.29 is 9.59 Å². The molecule has 2 aromatic rings. The molecule has 0 atom stereocenters. The predicted octanol–water partition coefficient (Wildman–Crippen LogP) is 3.04. The monoisotopic (exact) mass is 305 g/mol. The molecule has 2 amide bonds. The number of hydrogen-bond donors (Lipinski definition) is 2. The molecule has 2 N–H and O–H groups in total. The molecule has 0 unspecified atom stereocenters. The normalized spacial score (nSPS) is 14.6. The molecule has 1 aliphatic heterocycles. The number of fused-ring (bicyclic) bond motifs is 1. The molecular formula is C18H15N3O2. The fourth-order valence-corrected chi connectivity index (χ4v) is 2.58. The molecule has 114 valence electrons. The van der Waals surface area contributed by atoms with Gasteiger partial charge in [0.1, 0.15) is 0 Å². The lowest BCUT2D eigenvalue weighted by molar-refractivity contribution is -0.119. The standard InChI is InChI=1S/C18H15N3O2/c1-18(2)14-9-13(6-7-15(14)21-17(18)23)20-16(22)12-5-3-4-11(8-12)10-19/h3-9H,1-2H3,(H,20,22)(H,21,23). The molecule has 0 spiro atoms. The van der Waals surface area contributed by atoms with Crippen LogP contribution in [0.1, 0.15) is 35.3 Å². The van der Waals surface area contributed by atoms with Gasteiger partial charge in [-0.15, -0.1) is 0 Å². The van der Waals surface area contributed by atoms with Gasteiger partial charge in [-0.05, 0) is 55.8 Å². The van der Waals surface area contributed by atoms with E-state index in [0.29, 0.717) is 16.8 Å². The second kappa shape index (κ2) is 5.25. The van der Waals surface area contributed by atoms with Gasteiger partial charge < -0.3 is 10.6 Å². The summed E-state index contributed by atoms with van der Waals surface area (Å²) in [7, 11) is 0. The Bertz CT molecular complexity index is 863. The summed E-state index contributed by atoms with van der Waals surface area (Å²) < 4.78 is 0. The second-order valence-corrected chi connectivity index (χ2v) is 5.99. The van der Waals surface area contributed by atoms with Gasteiger partial charge in [0.15, 0.2) is 0 Å². The molecule has 23 heavy (non-hydrogen) atoms. The molecule has 0 radical (unpaired) electrons. The molecule has 0 saturated heterocycles. The molecule has 0 fully saturated rings. The minimum atomic E-state index is -0.628. The Morgan fingerprint density at radius 2 is 2.00 bits per heavy atom. The van der Waals surface area contributed by atoms with Gasteiger partial charge >= 0.3 is 0 Å². The molecule has 0 bridgehead atoms. The number of amides is 2. The lowest BCUT2D eigenvalue weighted by atomic mass is 9.86. The summed E-state index contributed by atoms with van der Waals surface area (Å²) in [6.45, 7) is 3.69. The van der Waals surface area contributed by atoms with E-state index in [0.717, 1.165) is 11.3 Å². The zero-order chi connectivity index (χ0) is 16.6. The predicted molar refractivity (Wildman–Crippen MR) is 87.2 cm³/mol. The first kappa shape index (κ1) is 14.8. The zero-order valence-electron chi connectivity index (χ0n) is 12.8. The van der Waals surface area contributed by atoms with E-state index in [1.165, 1.54) is 6.07 Å². The maximum Gasteiger partial charge on any atom is 0.255 e. The van der Waals surface area contributed by atoms with E-state index in [1.54, 1.807) is 36.4 Å². The van der Waals surface area contributed by atoms with Crippen LogP contribution in [0.2, 0.25) is 0 Å². The van der Waals surface area contributed by atoms with Gasteiger partial charge in [0, 0.05) is 16.9 Å². The summed E-state index contributed by atoms with van der Waals surface area (Å²) in [6.07, 6.45) is 0. The molecule has 0 aromatic heterocycles. The molecule has 1 heterocycles. The van der Waals surface area contributed by atoms with Crippen LogP contribution in [0.15, 0.2) is 42.5 Å². The summed E-state index contributed by atoms with van der Waals surface area (Å²) in [5, 5.41) is 14.5. The van der Waals surface area contributed by atoms with Gasteiger partial charge in [-0.25, -0.2) is 0 Å². The number of nitrogens with one attached hydrogen (secondary N) is 2. The van der Waals surface area contributed by atoms with Crippen LogP contribution < -0.4 is 10.6 Å². The van der Waals surface area contributed by atoms with Crippen LogP contribution >= 0.6 is 0 Å². The van der Waals surface area contributed by atoms with Crippen molar-refractivity contribution in [1.82, 2.24) is 0 Å². The Morgan fingerprint density at radius 3 is 2.74 bits per heavy atom. The van der Waals surface area contributed by atoms with E-state index in [4.69, 9.17) is 5.26 Å². The lowest BCUT2D eigenvalue weighted by Crippen LogP contribution is -2.26. The summed E-state index contributed by atoms with van der Waals surface area (Å²) in [5.41, 5.74) is 2.45. The lowest BCUT2D eigenvalue weighted by Gasteiger charge is -2.16. The number of carbonyl (C=O) groups is 2. The van der Waals surface area contributed by atoms with Gasteiger partial charge in [-0.1, -0.05) is 6.07 Å². The third-order valence-corrected chi connectivity index (χ3v) is 4.02. The van der Waals surface area contributed by atoms with Crippen molar-refractivity contribution in [2.45, 2.75) is 19.3 Å². The van der Waals surface area contributed by atoms with E-state index < -0.39 is 5.41 Å². The van der Waals surface area contributed by atoms with Crippen LogP contribution in [0, 0.1) is 11.3 Å². The van der Waals surface area contributed by atoms with Crippen molar-refractivity contribution in [3.05, 3.63) is 59.2 Å². The Kier molecular flexibility index (Phi) is 3.38. The highest BCUT2D eigenvalue weighted by Gasteiger charge is 2.38. The number of nitriles is 1. The first-order valence-electron chi connectivity index (χ1n) is 7.19. The number of nitrogens with zero attached hydrogens (tertiary/aromatic N) is 1.